The summed E-state index contributed by atoms with van der Waals surface area (Å²) < 4.78 is 32.4. The van der Waals surface area contributed by atoms with Gasteiger partial charge in [0.2, 0.25) is 0 Å². The molecule has 0 aliphatic rings. The highest BCUT2D eigenvalue weighted by atomic mass is 32.2. The first kappa shape index (κ1) is 15.0. The number of benzene rings is 2. The minimum atomic E-state index is -4.44. The number of anilines is 1. The van der Waals surface area contributed by atoms with Gasteiger partial charge in [-0.25, -0.2) is 8.42 Å². The second-order valence-corrected chi connectivity index (χ2v) is 5.71. The molecule has 110 valence electrons. The molecule has 7 heteroatoms. The first-order valence-electron chi connectivity index (χ1n) is 6.02. The van der Waals surface area contributed by atoms with Crippen LogP contribution in [-0.2, 0) is 10.1 Å². The van der Waals surface area contributed by atoms with Crippen LogP contribution in [-0.4, -0.2) is 23.8 Å². The molecule has 0 fully saturated rings. The highest BCUT2D eigenvalue weighted by molar-refractivity contribution is 7.85. The van der Waals surface area contributed by atoms with Crippen LogP contribution < -0.4 is 5.43 Å². The lowest BCUT2D eigenvalue weighted by molar-refractivity contribution is 0.463. The maximum Gasteiger partial charge on any atom is 0.124 e. The molecule has 0 unspecified atom stereocenters. The summed E-state index contributed by atoms with van der Waals surface area (Å²) >= 11 is 0. The third kappa shape index (κ3) is 4.04. The number of nitrogens with one attached hydrogen (secondary N) is 1. The van der Waals surface area contributed by atoms with Gasteiger partial charge in [0.05, 0.1) is 16.3 Å². The van der Waals surface area contributed by atoms with E-state index in [0.717, 1.165) is 5.56 Å². The number of hydrogen-bond donors (Lipinski definition) is 2. The number of aromatic hydroxyl groups is 1. The third-order valence-electron chi connectivity index (χ3n) is 2.78. The molecule has 0 heterocycles. The monoisotopic (exact) mass is 305 g/mol. The van der Waals surface area contributed by atoms with E-state index in [1.54, 1.807) is 31.2 Å². The maximum atomic E-state index is 10.8. The predicted octanol–water partition coefficient (Wildman–Crippen LogP) is 2.13. The van der Waals surface area contributed by atoms with Gasteiger partial charge in [0.15, 0.2) is 0 Å². The Morgan fingerprint density at radius 2 is 1.67 bits per heavy atom. The molecule has 2 rings (SSSR count). The van der Waals surface area contributed by atoms with E-state index >= 15 is 0 Å². The van der Waals surface area contributed by atoms with Crippen molar-refractivity contribution >= 4 is 21.5 Å². The van der Waals surface area contributed by atoms with Crippen molar-refractivity contribution in [3.05, 3.63) is 54.1 Å². The summed E-state index contributed by atoms with van der Waals surface area (Å²) in [6.07, 6.45) is 0. The fraction of sp³-hybridized carbons (Fsp3) is 0.0714. The standard InChI is InChI=1S/C14H14N2O4S/c1-10(11-2-6-13(17)7-3-11)15-16-12-4-8-14(9-5-12)21(18,19)20/h2-9,16-17H,1H3,(H,18,19,20)/p-1/b15-10+. The Morgan fingerprint density at radius 3 is 2.19 bits per heavy atom. The zero-order valence-electron chi connectivity index (χ0n) is 11.1. The molecule has 2 N–H and O–H groups in total. The van der Waals surface area contributed by atoms with E-state index in [9.17, 15) is 18.1 Å². The van der Waals surface area contributed by atoms with Crippen molar-refractivity contribution in [3.63, 3.8) is 0 Å². The molecule has 0 aliphatic heterocycles. The van der Waals surface area contributed by atoms with Gasteiger partial charge in [-0.1, -0.05) is 0 Å². The van der Waals surface area contributed by atoms with Crippen molar-refractivity contribution in [2.24, 2.45) is 5.10 Å². The molecule has 0 bridgehead atoms. The number of phenols is 1. The van der Waals surface area contributed by atoms with Gasteiger partial charge in [-0.3, -0.25) is 5.43 Å². The summed E-state index contributed by atoms with van der Waals surface area (Å²) in [5.74, 6) is 0.175. The van der Waals surface area contributed by atoms with Crippen LogP contribution in [0.4, 0.5) is 5.69 Å². The fourth-order valence-corrected chi connectivity index (χ4v) is 2.08. The van der Waals surface area contributed by atoms with E-state index < -0.39 is 10.1 Å². The Bertz CT molecular complexity index is 751. The first-order chi connectivity index (χ1) is 9.86. The summed E-state index contributed by atoms with van der Waals surface area (Å²) in [5.41, 5.74) is 4.84. The zero-order valence-corrected chi connectivity index (χ0v) is 12.0. The lowest BCUT2D eigenvalue weighted by atomic mass is 10.1. The minimum Gasteiger partial charge on any atom is -0.744 e. The lowest BCUT2D eigenvalue weighted by Gasteiger charge is -2.08. The van der Waals surface area contributed by atoms with Crippen LogP contribution in [0.5, 0.6) is 5.75 Å². The predicted molar refractivity (Wildman–Crippen MR) is 78.3 cm³/mol. The van der Waals surface area contributed by atoms with Crippen molar-refractivity contribution in [2.45, 2.75) is 11.8 Å². The quantitative estimate of drug-likeness (QED) is 0.512. The first-order valence-corrected chi connectivity index (χ1v) is 7.43. The molecule has 0 saturated carbocycles. The molecule has 2 aromatic rings. The summed E-state index contributed by atoms with van der Waals surface area (Å²) in [6.45, 7) is 1.79. The van der Waals surface area contributed by atoms with Gasteiger partial charge in [-0.2, -0.15) is 5.10 Å². The van der Waals surface area contributed by atoms with Crippen LogP contribution >= 0.6 is 0 Å². The molecular weight excluding hydrogens is 292 g/mol. The Balaban J connectivity index is 2.11. The summed E-state index contributed by atoms with van der Waals surface area (Å²) in [7, 11) is -4.44. The smallest absolute Gasteiger partial charge is 0.124 e. The average molecular weight is 305 g/mol. The van der Waals surface area contributed by atoms with Gasteiger partial charge in [-0.05, 0) is 61.0 Å². The second-order valence-electron chi connectivity index (χ2n) is 4.33. The van der Waals surface area contributed by atoms with Gasteiger partial charge in [0.1, 0.15) is 15.9 Å². The largest absolute Gasteiger partial charge is 0.744 e. The van der Waals surface area contributed by atoms with E-state index in [1.165, 1.54) is 24.3 Å². The maximum absolute atomic E-state index is 10.8. The van der Waals surface area contributed by atoms with Crippen molar-refractivity contribution in [2.75, 3.05) is 5.43 Å². The van der Waals surface area contributed by atoms with Gasteiger partial charge in [0, 0.05) is 0 Å². The number of phenolic OH excluding ortho intramolecular Hbond substituents is 1. The lowest BCUT2D eigenvalue weighted by Crippen LogP contribution is -2.01. The fourth-order valence-electron chi connectivity index (χ4n) is 1.61. The number of nitrogens with zero attached hydrogens (tertiary/aromatic N) is 1. The minimum absolute atomic E-state index is 0.175. The van der Waals surface area contributed by atoms with Crippen molar-refractivity contribution < 1.29 is 18.1 Å². The highest BCUT2D eigenvalue weighted by Crippen LogP contribution is 2.14. The van der Waals surface area contributed by atoms with Crippen LogP contribution in [0.15, 0.2) is 58.5 Å². The van der Waals surface area contributed by atoms with Crippen LogP contribution in [0.2, 0.25) is 0 Å². The SMILES string of the molecule is C/C(=N\Nc1ccc(S(=O)(=O)[O-])cc1)c1ccc(O)cc1. The summed E-state index contributed by atoms with van der Waals surface area (Å²) in [4.78, 5) is -0.285. The normalized spacial score (nSPS) is 12.2. The van der Waals surface area contributed by atoms with E-state index in [0.29, 0.717) is 11.4 Å². The third-order valence-corrected chi connectivity index (χ3v) is 3.63. The summed E-state index contributed by atoms with van der Waals surface area (Å²) in [5, 5.41) is 13.4. The van der Waals surface area contributed by atoms with Gasteiger partial charge in [-0.15, -0.1) is 0 Å². The number of hydrogen-bond acceptors (Lipinski definition) is 6. The molecule has 0 atom stereocenters. The highest BCUT2D eigenvalue weighted by Gasteiger charge is 2.01. The van der Waals surface area contributed by atoms with E-state index in [1.807, 2.05) is 0 Å². The van der Waals surface area contributed by atoms with Gasteiger partial charge < -0.3 is 9.66 Å². The molecule has 0 saturated heterocycles. The Labute approximate surface area is 122 Å². The van der Waals surface area contributed by atoms with E-state index in [2.05, 4.69) is 10.5 Å². The van der Waals surface area contributed by atoms with Crippen LogP contribution in [0.25, 0.3) is 0 Å². The van der Waals surface area contributed by atoms with Crippen LogP contribution in [0, 0.1) is 0 Å². The van der Waals surface area contributed by atoms with Crippen LogP contribution in [0.1, 0.15) is 12.5 Å². The van der Waals surface area contributed by atoms with E-state index in [-0.39, 0.29) is 10.6 Å². The number of hydrazone groups is 1. The number of rotatable bonds is 4. The van der Waals surface area contributed by atoms with Crippen LogP contribution in [0.3, 0.4) is 0 Å². The Hall–Kier alpha value is -2.38. The molecular formula is C14H13N2O4S-. The molecule has 0 aromatic heterocycles. The van der Waals surface area contributed by atoms with E-state index in [4.69, 9.17) is 0 Å². The van der Waals surface area contributed by atoms with Crippen molar-refractivity contribution in [1.29, 1.82) is 0 Å². The molecule has 0 spiro atoms. The topological polar surface area (TPSA) is 102 Å². The molecule has 2 aromatic carbocycles. The molecule has 0 aliphatic carbocycles. The molecule has 6 nitrogen and oxygen atoms in total. The van der Waals surface area contributed by atoms with Crippen molar-refractivity contribution in [3.8, 4) is 5.75 Å². The van der Waals surface area contributed by atoms with Crippen molar-refractivity contribution in [1.82, 2.24) is 0 Å². The molecule has 21 heavy (non-hydrogen) atoms. The van der Waals surface area contributed by atoms with Gasteiger partial charge in [0.25, 0.3) is 0 Å². The molecule has 0 radical (unpaired) electrons. The summed E-state index contributed by atoms with van der Waals surface area (Å²) in [6, 6.07) is 11.9. The average Bonchev–Trinajstić information content (AvgIpc) is 2.45. The van der Waals surface area contributed by atoms with Gasteiger partial charge >= 0.3 is 0 Å². The second kappa shape index (κ2) is 5.94. The Kier molecular flexibility index (Phi) is 4.25. The molecule has 0 amide bonds. The zero-order chi connectivity index (χ0) is 15.5. The Morgan fingerprint density at radius 1 is 1.10 bits per heavy atom.